The molecular formula is C21H29NO4. The third-order valence-corrected chi connectivity index (χ3v) is 4.94. The van der Waals surface area contributed by atoms with Gasteiger partial charge in [-0.15, -0.1) is 0 Å². The van der Waals surface area contributed by atoms with Crippen molar-refractivity contribution in [1.82, 2.24) is 0 Å². The minimum atomic E-state index is -1.32. The van der Waals surface area contributed by atoms with E-state index in [9.17, 15) is 4.79 Å². The molecule has 2 heterocycles. The lowest BCUT2D eigenvalue weighted by Gasteiger charge is -2.61. The fourth-order valence-corrected chi connectivity index (χ4v) is 4.21. The largest absolute Gasteiger partial charge is 0.457 e. The molecule has 1 saturated heterocycles. The van der Waals surface area contributed by atoms with Crippen LogP contribution < -0.4 is 0 Å². The van der Waals surface area contributed by atoms with Crippen LogP contribution in [0.3, 0.4) is 0 Å². The number of hydrogen-bond acceptors (Lipinski definition) is 5. The van der Waals surface area contributed by atoms with E-state index in [1.807, 2.05) is 58.0 Å². The Hall–Kier alpha value is -1.88. The highest BCUT2D eigenvalue weighted by Gasteiger charge is 2.83. The summed E-state index contributed by atoms with van der Waals surface area (Å²) in [6.07, 6.45) is 0.648. The van der Waals surface area contributed by atoms with Gasteiger partial charge in [-0.2, -0.15) is 0 Å². The molecule has 3 rings (SSSR count). The Morgan fingerprint density at radius 1 is 1.23 bits per heavy atom. The van der Waals surface area contributed by atoms with Gasteiger partial charge in [0.2, 0.25) is 11.4 Å². The lowest BCUT2D eigenvalue weighted by atomic mass is 9.61. The van der Waals surface area contributed by atoms with E-state index in [1.165, 1.54) is 0 Å². The molecule has 5 heteroatoms. The highest BCUT2D eigenvalue weighted by atomic mass is 16.8. The molecule has 1 aromatic carbocycles. The fraction of sp³-hybridized carbons (Fsp3) is 0.619. The first-order valence-electron chi connectivity index (χ1n) is 9.20. The highest BCUT2D eigenvalue weighted by Crippen LogP contribution is 2.64. The molecule has 0 N–H and O–H groups in total. The second-order valence-electron chi connectivity index (χ2n) is 8.79. The minimum absolute atomic E-state index is 0.294. The van der Waals surface area contributed by atoms with Crippen molar-refractivity contribution >= 4 is 11.9 Å². The van der Waals surface area contributed by atoms with Gasteiger partial charge in [-0.25, -0.2) is 9.79 Å². The molecule has 0 bridgehead atoms. The lowest BCUT2D eigenvalue weighted by Crippen LogP contribution is -2.80. The van der Waals surface area contributed by atoms with E-state index >= 15 is 0 Å². The molecule has 3 unspecified atom stereocenters. The van der Waals surface area contributed by atoms with Crippen molar-refractivity contribution in [1.29, 1.82) is 0 Å². The van der Waals surface area contributed by atoms with Crippen molar-refractivity contribution in [3.8, 4) is 0 Å². The number of benzene rings is 1. The zero-order valence-corrected chi connectivity index (χ0v) is 16.8. The summed E-state index contributed by atoms with van der Waals surface area (Å²) in [5.41, 5.74) is -2.07. The van der Waals surface area contributed by atoms with Gasteiger partial charge in [0.25, 0.3) is 0 Å². The molecule has 3 atom stereocenters. The average molecular weight is 359 g/mol. The number of carbonyl (C=O) groups excluding carboxylic acids is 1. The standard InChI is InChI=1S/C21H29NO4/c1-14(2)13-20-19(7,24-15(3)22-20)26-21(20,16-11-9-8-10-12-16)17(23)25-18(4,5)6/h8-12,14H,13H2,1-7H3. The normalized spacial score (nSPS) is 33.2. The monoisotopic (exact) mass is 359 g/mol. The van der Waals surface area contributed by atoms with E-state index in [4.69, 9.17) is 19.2 Å². The summed E-state index contributed by atoms with van der Waals surface area (Å²) in [5.74, 6) is -0.568. The summed E-state index contributed by atoms with van der Waals surface area (Å²) in [5, 5.41) is 0. The summed E-state index contributed by atoms with van der Waals surface area (Å²) < 4.78 is 18.0. The van der Waals surface area contributed by atoms with Gasteiger partial charge >= 0.3 is 5.97 Å². The van der Waals surface area contributed by atoms with Gasteiger partial charge in [-0.05, 0) is 38.7 Å². The number of ether oxygens (including phenoxy) is 3. The second kappa shape index (κ2) is 5.81. The number of fused-ring (bicyclic) bond motifs is 1. The van der Waals surface area contributed by atoms with Crippen LogP contribution >= 0.6 is 0 Å². The van der Waals surface area contributed by atoms with Crippen molar-refractivity contribution in [2.45, 2.75) is 77.4 Å². The Balaban J connectivity index is 2.20. The van der Waals surface area contributed by atoms with Gasteiger partial charge in [0.05, 0.1) is 0 Å². The van der Waals surface area contributed by atoms with Crippen molar-refractivity contribution in [2.75, 3.05) is 0 Å². The lowest BCUT2D eigenvalue weighted by molar-refractivity contribution is -0.394. The van der Waals surface area contributed by atoms with E-state index in [-0.39, 0.29) is 0 Å². The van der Waals surface area contributed by atoms with Crippen LogP contribution in [0.4, 0.5) is 0 Å². The molecule has 0 spiro atoms. The van der Waals surface area contributed by atoms with Crippen LogP contribution in [0.25, 0.3) is 0 Å². The fourth-order valence-electron chi connectivity index (χ4n) is 4.21. The SMILES string of the molecule is CC1=NC2(CC(C)C)C(C)(O1)OC2(C(=O)OC(C)(C)C)c1ccccc1. The van der Waals surface area contributed by atoms with Crippen LogP contribution in [-0.2, 0) is 24.6 Å². The third-order valence-electron chi connectivity index (χ3n) is 4.94. The van der Waals surface area contributed by atoms with Crippen LogP contribution in [0.1, 0.15) is 60.5 Å². The third kappa shape index (κ3) is 2.56. The maximum atomic E-state index is 13.5. The van der Waals surface area contributed by atoms with Crippen LogP contribution in [0.5, 0.6) is 0 Å². The molecule has 2 aliphatic heterocycles. The van der Waals surface area contributed by atoms with Gasteiger partial charge in [0.15, 0.2) is 11.4 Å². The molecule has 2 aliphatic rings. The van der Waals surface area contributed by atoms with Crippen LogP contribution in [0, 0.1) is 5.92 Å². The summed E-state index contributed by atoms with van der Waals surface area (Å²) in [6, 6.07) is 9.51. The predicted molar refractivity (Wildman–Crippen MR) is 99.8 cm³/mol. The molecule has 5 nitrogen and oxygen atoms in total. The second-order valence-corrected chi connectivity index (χ2v) is 8.79. The number of nitrogens with zero attached hydrogens (tertiary/aromatic N) is 1. The highest BCUT2D eigenvalue weighted by molar-refractivity contribution is 5.89. The number of carbonyl (C=O) groups is 1. The number of rotatable bonds is 4. The van der Waals surface area contributed by atoms with Gasteiger partial charge in [0, 0.05) is 13.8 Å². The Kier molecular flexibility index (Phi) is 4.22. The molecule has 0 radical (unpaired) electrons. The molecule has 0 saturated carbocycles. The zero-order chi connectivity index (χ0) is 19.4. The van der Waals surface area contributed by atoms with E-state index in [2.05, 4.69) is 13.8 Å². The quantitative estimate of drug-likeness (QED) is 0.756. The molecule has 0 aromatic heterocycles. The first-order valence-corrected chi connectivity index (χ1v) is 9.20. The van der Waals surface area contributed by atoms with E-state index in [1.54, 1.807) is 6.92 Å². The van der Waals surface area contributed by atoms with E-state index < -0.39 is 28.5 Å². The van der Waals surface area contributed by atoms with Crippen molar-refractivity contribution in [3.05, 3.63) is 35.9 Å². The van der Waals surface area contributed by atoms with Crippen LogP contribution in [0.2, 0.25) is 0 Å². The van der Waals surface area contributed by atoms with Crippen molar-refractivity contribution < 1.29 is 19.0 Å². The molecule has 1 aromatic rings. The summed E-state index contributed by atoms with van der Waals surface area (Å²) in [6.45, 7) is 13.5. The molecule has 142 valence electrons. The Morgan fingerprint density at radius 2 is 1.85 bits per heavy atom. The molecule has 0 aliphatic carbocycles. The number of aliphatic imine (C=N–C) groups is 1. The topological polar surface area (TPSA) is 57.1 Å². The minimum Gasteiger partial charge on any atom is -0.457 e. The molecule has 26 heavy (non-hydrogen) atoms. The van der Waals surface area contributed by atoms with Gasteiger partial charge < -0.3 is 14.2 Å². The van der Waals surface area contributed by atoms with Crippen LogP contribution in [-0.4, -0.2) is 28.8 Å². The number of hydrogen-bond donors (Lipinski definition) is 0. The van der Waals surface area contributed by atoms with E-state index in [0.29, 0.717) is 18.2 Å². The summed E-state index contributed by atoms with van der Waals surface area (Å²) in [7, 11) is 0. The average Bonchev–Trinajstić information content (AvgIpc) is 2.68. The summed E-state index contributed by atoms with van der Waals surface area (Å²) in [4.78, 5) is 18.3. The Bertz CT molecular complexity index is 736. The van der Waals surface area contributed by atoms with Crippen molar-refractivity contribution in [3.63, 3.8) is 0 Å². The maximum absolute atomic E-state index is 13.5. The molecular weight excluding hydrogens is 330 g/mol. The number of esters is 1. The Labute approximate surface area is 155 Å². The van der Waals surface area contributed by atoms with Crippen LogP contribution in [0.15, 0.2) is 35.3 Å². The smallest absolute Gasteiger partial charge is 0.346 e. The molecule has 0 amide bonds. The van der Waals surface area contributed by atoms with Gasteiger partial charge in [-0.3, -0.25) is 0 Å². The first kappa shape index (κ1) is 18.9. The van der Waals surface area contributed by atoms with Crippen molar-refractivity contribution in [2.24, 2.45) is 10.9 Å². The van der Waals surface area contributed by atoms with Gasteiger partial charge in [-0.1, -0.05) is 44.2 Å². The predicted octanol–water partition coefficient (Wildman–Crippen LogP) is 4.20. The first-order chi connectivity index (χ1) is 12.0. The Morgan fingerprint density at radius 3 is 2.35 bits per heavy atom. The molecule has 1 fully saturated rings. The van der Waals surface area contributed by atoms with E-state index in [0.717, 1.165) is 5.56 Å². The summed E-state index contributed by atoms with van der Waals surface area (Å²) >= 11 is 0. The van der Waals surface area contributed by atoms with Gasteiger partial charge in [0.1, 0.15) is 5.60 Å². The maximum Gasteiger partial charge on any atom is 0.346 e. The zero-order valence-electron chi connectivity index (χ0n) is 16.8.